The van der Waals surface area contributed by atoms with Gasteiger partial charge in [-0.05, 0) is 18.6 Å². The van der Waals surface area contributed by atoms with Gasteiger partial charge < -0.3 is 5.11 Å². The van der Waals surface area contributed by atoms with Crippen LogP contribution in [-0.4, -0.2) is 25.6 Å². The van der Waals surface area contributed by atoms with Crippen molar-refractivity contribution in [3.8, 4) is 6.07 Å². The molecule has 0 saturated carbocycles. The number of thiocarbonyl (C=S) groups is 1. The van der Waals surface area contributed by atoms with Gasteiger partial charge in [0.25, 0.3) is 0 Å². The van der Waals surface area contributed by atoms with E-state index in [9.17, 15) is 4.79 Å². The molecular weight excluding hydrogens is 370 g/mol. The van der Waals surface area contributed by atoms with Gasteiger partial charge >= 0.3 is 5.97 Å². The van der Waals surface area contributed by atoms with Gasteiger partial charge in [-0.3, -0.25) is 4.79 Å². The lowest BCUT2D eigenvalue weighted by molar-refractivity contribution is -0.137. The standard InChI is InChI=1S/C19H33NO2S3/c1-2-3-4-5-6-7-8-9-10-11-16-24-19(23)25-17(14-15-20)12-13-18(21)22/h17H,2-14,16H2,1H3,(H,21,22). The van der Waals surface area contributed by atoms with Gasteiger partial charge in [-0.1, -0.05) is 76.9 Å². The Bertz CT molecular complexity index is 397. The molecule has 0 amide bonds. The van der Waals surface area contributed by atoms with Crippen LogP contribution in [0.1, 0.15) is 90.4 Å². The summed E-state index contributed by atoms with van der Waals surface area (Å²) in [5.74, 6) is 0.216. The van der Waals surface area contributed by atoms with Crippen LogP contribution in [0.3, 0.4) is 0 Å². The minimum atomic E-state index is -0.813. The van der Waals surface area contributed by atoms with Crippen LogP contribution in [-0.2, 0) is 4.79 Å². The van der Waals surface area contributed by atoms with Crippen molar-refractivity contribution < 1.29 is 9.90 Å². The zero-order valence-electron chi connectivity index (χ0n) is 15.5. The highest BCUT2D eigenvalue weighted by Crippen LogP contribution is 2.27. The Morgan fingerprint density at radius 1 is 1.08 bits per heavy atom. The molecule has 0 aliphatic carbocycles. The maximum absolute atomic E-state index is 10.6. The number of aliphatic carboxylic acids is 1. The van der Waals surface area contributed by atoms with Crippen molar-refractivity contribution in [2.24, 2.45) is 0 Å². The first-order chi connectivity index (χ1) is 12.1. The van der Waals surface area contributed by atoms with Crippen LogP contribution < -0.4 is 0 Å². The summed E-state index contributed by atoms with van der Waals surface area (Å²) in [6.45, 7) is 2.25. The van der Waals surface area contributed by atoms with E-state index >= 15 is 0 Å². The lowest BCUT2D eigenvalue weighted by atomic mass is 10.1. The SMILES string of the molecule is CCCCCCCCCCCCSC(=S)SC(CC#N)CCC(=O)O. The number of hydrogen-bond acceptors (Lipinski definition) is 5. The second-order valence-electron chi connectivity index (χ2n) is 6.31. The van der Waals surface area contributed by atoms with E-state index in [1.807, 2.05) is 0 Å². The van der Waals surface area contributed by atoms with Crippen LogP contribution in [0, 0.1) is 11.3 Å². The molecule has 1 atom stereocenters. The van der Waals surface area contributed by atoms with Crippen molar-refractivity contribution in [2.45, 2.75) is 95.6 Å². The fourth-order valence-electron chi connectivity index (χ4n) is 2.50. The molecule has 144 valence electrons. The lowest BCUT2D eigenvalue weighted by Gasteiger charge is -2.12. The van der Waals surface area contributed by atoms with E-state index in [1.165, 1.54) is 76.0 Å². The molecule has 1 unspecified atom stereocenters. The quantitative estimate of drug-likeness (QED) is 0.226. The highest BCUT2D eigenvalue weighted by Gasteiger charge is 2.14. The normalized spacial score (nSPS) is 11.8. The molecule has 1 N–H and O–H groups in total. The van der Waals surface area contributed by atoms with Crippen molar-refractivity contribution in [3.63, 3.8) is 0 Å². The predicted octanol–water partition coefficient (Wildman–Crippen LogP) is 6.81. The first kappa shape index (κ1) is 24.8. The molecule has 0 aliphatic heterocycles. The molecule has 0 aromatic rings. The van der Waals surface area contributed by atoms with Gasteiger partial charge in [0.2, 0.25) is 0 Å². The molecule has 0 aromatic heterocycles. The highest BCUT2D eigenvalue weighted by molar-refractivity contribution is 8.47. The molecular formula is C19H33NO2S3. The first-order valence-corrected chi connectivity index (χ1v) is 11.8. The topological polar surface area (TPSA) is 61.1 Å². The van der Waals surface area contributed by atoms with Crippen molar-refractivity contribution in [3.05, 3.63) is 0 Å². The monoisotopic (exact) mass is 403 g/mol. The third-order valence-corrected chi connectivity index (χ3v) is 6.92. The molecule has 0 aliphatic rings. The molecule has 0 radical (unpaired) electrons. The third kappa shape index (κ3) is 18.3. The maximum atomic E-state index is 10.6. The summed E-state index contributed by atoms with van der Waals surface area (Å²) in [7, 11) is 0. The van der Waals surface area contributed by atoms with Crippen molar-refractivity contribution in [1.29, 1.82) is 5.26 Å². The summed E-state index contributed by atoms with van der Waals surface area (Å²) in [4.78, 5) is 10.6. The van der Waals surface area contributed by atoms with Crippen LogP contribution in [0.2, 0.25) is 0 Å². The molecule has 0 aromatic carbocycles. The number of unbranched alkanes of at least 4 members (excludes halogenated alkanes) is 9. The number of thioether (sulfide) groups is 2. The summed E-state index contributed by atoms with van der Waals surface area (Å²) in [6.07, 6.45) is 14.3. The Kier molecular flexibility index (Phi) is 18.4. The number of carboxylic acid groups (broad SMARTS) is 1. The van der Waals surface area contributed by atoms with Crippen LogP contribution in [0.4, 0.5) is 0 Å². The predicted molar refractivity (Wildman–Crippen MR) is 115 cm³/mol. The van der Waals surface area contributed by atoms with Gasteiger partial charge in [-0.25, -0.2) is 0 Å². The fourth-order valence-corrected chi connectivity index (χ4v) is 5.27. The Labute approximate surface area is 167 Å². The van der Waals surface area contributed by atoms with Crippen LogP contribution in [0.5, 0.6) is 0 Å². The van der Waals surface area contributed by atoms with Gasteiger partial charge in [0.15, 0.2) is 0 Å². The van der Waals surface area contributed by atoms with E-state index in [2.05, 4.69) is 13.0 Å². The highest BCUT2D eigenvalue weighted by atomic mass is 32.2. The minimum absolute atomic E-state index is 0.00816. The Morgan fingerprint density at radius 3 is 2.16 bits per heavy atom. The van der Waals surface area contributed by atoms with Crippen LogP contribution in [0.15, 0.2) is 0 Å². The zero-order valence-corrected chi connectivity index (χ0v) is 18.0. The molecule has 6 heteroatoms. The van der Waals surface area contributed by atoms with Crippen LogP contribution >= 0.6 is 35.7 Å². The van der Waals surface area contributed by atoms with Crippen LogP contribution in [0.25, 0.3) is 0 Å². The second-order valence-corrected chi connectivity index (χ2v) is 9.91. The molecule has 3 nitrogen and oxygen atoms in total. The number of carbonyl (C=O) groups is 1. The molecule has 25 heavy (non-hydrogen) atoms. The largest absolute Gasteiger partial charge is 0.481 e. The molecule has 0 bridgehead atoms. The van der Waals surface area contributed by atoms with Gasteiger partial charge in [0, 0.05) is 18.1 Å². The summed E-state index contributed by atoms with van der Waals surface area (Å²) < 4.78 is 0.849. The summed E-state index contributed by atoms with van der Waals surface area (Å²) in [6, 6.07) is 2.13. The minimum Gasteiger partial charge on any atom is -0.481 e. The number of rotatable bonds is 16. The molecule has 0 rings (SSSR count). The van der Waals surface area contributed by atoms with E-state index in [0.717, 1.165) is 9.28 Å². The van der Waals surface area contributed by atoms with Gasteiger partial charge in [-0.15, -0.1) is 23.5 Å². The van der Waals surface area contributed by atoms with Gasteiger partial charge in [0.05, 0.1) is 6.07 Å². The Morgan fingerprint density at radius 2 is 1.64 bits per heavy atom. The average Bonchev–Trinajstić information content (AvgIpc) is 2.57. The summed E-state index contributed by atoms with van der Waals surface area (Å²) >= 11 is 8.54. The Balaban J connectivity index is 3.55. The number of hydrogen-bond donors (Lipinski definition) is 1. The molecule has 0 fully saturated rings. The van der Waals surface area contributed by atoms with Crippen molar-refractivity contribution in [2.75, 3.05) is 5.75 Å². The first-order valence-electron chi connectivity index (χ1n) is 9.52. The van der Waals surface area contributed by atoms with Gasteiger partial charge in [0.1, 0.15) is 3.53 Å². The summed E-state index contributed by atoms with van der Waals surface area (Å²) in [5, 5.41) is 17.6. The second kappa shape index (κ2) is 18.5. The lowest BCUT2D eigenvalue weighted by Crippen LogP contribution is -2.07. The molecule has 0 spiro atoms. The van der Waals surface area contributed by atoms with Gasteiger partial charge in [-0.2, -0.15) is 5.26 Å². The molecule has 0 heterocycles. The third-order valence-electron chi connectivity index (χ3n) is 3.98. The average molecular weight is 404 g/mol. The van der Waals surface area contributed by atoms with E-state index in [1.54, 1.807) is 11.8 Å². The molecule has 0 saturated heterocycles. The van der Waals surface area contributed by atoms with E-state index < -0.39 is 5.97 Å². The Hall–Kier alpha value is -0.250. The van der Waals surface area contributed by atoms with Crippen molar-refractivity contribution in [1.82, 2.24) is 0 Å². The fraction of sp³-hybridized carbons (Fsp3) is 0.842. The number of nitrogens with zero attached hydrogens (tertiary/aromatic N) is 1. The van der Waals surface area contributed by atoms with E-state index in [-0.39, 0.29) is 11.7 Å². The number of nitriles is 1. The number of carboxylic acids is 1. The van der Waals surface area contributed by atoms with E-state index in [0.29, 0.717) is 12.8 Å². The smallest absolute Gasteiger partial charge is 0.303 e. The maximum Gasteiger partial charge on any atom is 0.303 e. The van der Waals surface area contributed by atoms with Crippen molar-refractivity contribution >= 4 is 45.2 Å². The van der Waals surface area contributed by atoms with E-state index in [4.69, 9.17) is 22.6 Å². The zero-order chi connectivity index (χ0) is 18.8. The summed E-state index contributed by atoms with van der Waals surface area (Å²) in [5.41, 5.74) is 0.